The molecule has 0 unspecified atom stereocenters. The fourth-order valence-electron chi connectivity index (χ4n) is 3.45. The summed E-state index contributed by atoms with van der Waals surface area (Å²) in [5, 5.41) is 0. The number of aryl methyl sites for hydroxylation is 1. The molecule has 25 heavy (non-hydrogen) atoms. The lowest BCUT2D eigenvalue weighted by atomic mass is 9.84. The van der Waals surface area contributed by atoms with Gasteiger partial charge in [-0.1, -0.05) is 0 Å². The van der Waals surface area contributed by atoms with E-state index in [0.29, 0.717) is 38.3 Å². The highest BCUT2D eigenvalue weighted by atomic mass is 19.1. The molecule has 0 N–H and O–H groups in total. The molecule has 0 aliphatic carbocycles. The Balaban J connectivity index is 1.39. The predicted molar refractivity (Wildman–Crippen MR) is 85.9 cm³/mol. The summed E-state index contributed by atoms with van der Waals surface area (Å²) < 4.78 is 30.6. The molecule has 6 nitrogen and oxygen atoms in total. The van der Waals surface area contributed by atoms with Gasteiger partial charge in [0.05, 0.1) is 26.0 Å². The fraction of sp³-hybridized carbons (Fsp3) is 0.444. The molecule has 132 valence electrons. The molecule has 2 fully saturated rings. The number of likely N-dealkylation sites (tertiary alicyclic amines) is 1. The average molecular weight is 346 g/mol. The van der Waals surface area contributed by atoms with Gasteiger partial charge in [-0.2, -0.15) is 0 Å². The molecule has 4 heterocycles. The molecule has 2 aliphatic rings. The van der Waals surface area contributed by atoms with Gasteiger partial charge in [-0.3, -0.25) is 4.79 Å². The van der Waals surface area contributed by atoms with Crippen LogP contribution in [0.4, 0.5) is 4.39 Å². The van der Waals surface area contributed by atoms with E-state index in [-0.39, 0.29) is 17.9 Å². The van der Waals surface area contributed by atoms with Crippen LogP contribution >= 0.6 is 0 Å². The van der Waals surface area contributed by atoms with Crippen molar-refractivity contribution in [3.8, 4) is 5.88 Å². The number of ether oxygens (including phenoxy) is 2. The van der Waals surface area contributed by atoms with E-state index in [2.05, 4.69) is 4.98 Å². The maximum atomic E-state index is 13.7. The second kappa shape index (κ2) is 6.15. The summed E-state index contributed by atoms with van der Waals surface area (Å²) in [6.45, 7) is 3.32. The van der Waals surface area contributed by atoms with Crippen LogP contribution in [-0.2, 0) is 4.74 Å². The van der Waals surface area contributed by atoms with Crippen LogP contribution in [0.5, 0.6) is 5.88 Å². The predicted octanol–water partition coefficient (Wildman–Crippen LogP) is 2.57. The Hall–Kier alpha value is -2.41. The third-order valence-corrected chi connectivity index (χ3v) is 4.75. The summed E-state index contributed by atoms with van der Waals surface area (Å²) in [7, 11) is 0. The monoisotopic (exact) mass is 346 g/mol. The molecule has 1 atom stereocenters. The highest BCUT2D eigenvalue weighted by molar-refractivity contribution is 5.93. The van der Waals surface area contributed by atoms with Crippen LogP contribution in [0.25, 0.3) is 0 Å². The third kappa shape index (κ3) is 3.00. The molecule has 2 aromatic heterocycles. The van der Waals surface area contributed by atoms with Crippen LogP contribution in [-0.4, -0.2) is 47.2 Å². The first-order valence-corrected chi connectivity index (χ1v) is 8.31. The molecule has 0 aromatic carbocycles. The second-order valence-electron chi connectivity index (χ2n) is 6.65. The molecule has 1 amide bonds. The van der Waals surface area contributed by atoms with Crippen LogP contribution in [0.1, 0.15) is 29.0 Å². The van der Waals surface area contributed by atoms with Gasteiger partial charge >= 0.3 is 0 Å². The number of halogens is 1. The molecule has 0 radical (unpaired) electrons. The van der Waals surface area contributed by atoms with Crippen molar-refractivity contribution in [3.05, 3.63) is 47.8 Å². The number of hydrogen-bond acceptors (Lipinski definition) is 5. The van der Waals surface area contributed by atoms with Gasteiger partial charge in [0.15, 0.2) is 11.6 Å². The number of furan rings is 1. The lowest BCUT2D eigenvalue weighted by Gasteiger charge is -2.52. The number of rotatable bonds is 3. The van der Waals surface area contributed by atoms with Gasteiger partial charge in [-0.15, -0.1) is 0 Å². The molecule has 7 heteroatoms. The minimum Gasteiger partial charge on any atom is -0.472 e. The molecular formula is C18H19FN2O4. The summed E-state index contributed by atoms with van der Waals surface area (Å²) in [5.41, 5.74) is 0.395. The van der Waals surface area contributed by atoms with E-state index in [0.717, 1.165) is 5.56 Å². The lowest BCUT2D eigenvalue weighted by Crippen LogP contribution is -2.67. The third-order valence-electron chi connectivity index (χ3n) is 4.75. The molecule has 0 saturated carbocycles. The maximum absolute atomic E-state index is 13.7. The van der Waals surface area contributed by atoms with Crippen molar-refractivity contribution < 1.29 is 23.1 Å². The fourth-order valence-corrected chi connectivity index (χ4v) is 3.45. The molecule has 1 spiro atoms. The highest BCUT2D eigenvalue weighted by Crippen LogP contribution is 2.36. The molecule has 2 aromatic rings. The van der Waals surface area contributed by atoms with Gasteiger partial charge in [-0.25, -0.2) is 9.37 Å². The first-order chi connectivity index (χ1) is 12.1. The van der Waals surface area contributed by atoms with E-state index in [9.17, 15) is 9.18 Å². The zero-order valence-corrected chi connectivity index (χ0v) is 13.9. The van der Waals surface area contributed by atoms with Crippen molar-refractivity contribution >= 4 is 5.91 Å². The molecular weight excluding hydrogens is 327 g/mol. The first kappa shape index (κ1) is 16.1. The Labute approximate surface area is 144 Å². The average Bonchev–Trinajstić information content (AvgIpc) is 3.00. The standard InChI is InChI=1S/C18H19FN2O4/c1-12-4-7-23-15(12)17(22)21-10-18(11-21)9-13(5-8-24-18)25-16-14(19)3-2-6-20-16/h2-4,6-7,13H,5,8-11H2,1H3/t13-/m1/s1. The smallest absolute Gasteiger partial charge is 0.290 e. The largest absolute Gasteiger partial charge is 0.472 e. The maximum Gasteiger partial charge on any atom is 0.290 e. The van der Waals surface area contributed by atoms with Gasteiger partial charge < -0.3 is 18.8 Å². The van der Waals surface area contributed by atoms with Crippen molar-refractivity contribution in [3.63, 3.8) is 0 Å². The highest BCUT2D eigenvalue weighted by Gasteiger charge is 2.50. The Bertz CT molecular complexity index is 785. The van der Waals surface area contributed by atoms with E-state index < -0.39 is 11.4 Å². The number of nitrogens with zero attached hydrogens (tertiary/aromatic N) is 2. The number of carbonyl (C=O) groups is 1. The van der Waals surface area contributed by atoms with Crippen molar-refractivity contribution in [2.45, 2.75) is 31.5 Å². The van der Waals surface area contributed by atoms with Crippen molar-refractivity contribution in [1.82, 2.24) is 9.88 Å². The van der Waals surface area contributed by atoms with Crippen LogP contribution in [0.15, 0.2) is 35.1 Å². The minimum absolute atomic E-state index is 0.0167. The van der Waals surface area contributed by atoms with Gasteiger partial charge in [0, 0.05) is 24.6 Å². The molecule has 2 aliphatic heterocycles. The Morgan fingerprint density at radius 1 is 1.44 bits per heavy atom. The van der Waals surface area contributed by atoms with Gasteiger partial charge in [0.25, 0.3) is 11.8 Å². The van der Waals surface area contributed by atoms with Gasteiger partial charge in [-0.05, 0) is 25.1 Å². The zero-order chi connectivity index (χ0) is 17.4. The van der Waals surface area contributed by atoms with Crippen molar-refractivity contribution in [2.24, 2.45) is 0 Å². The second-order valence-corrected chi connectivity index (χ2v) is 6.65. The summed E-state index contributed by atoms with van der Waals surface area (Å²) in [4.78, 5) is 18.1. The van der Waals surface area contributed by atoms with Gasteiger partial charge in [0.1, 0.15) is 11.7 Å². The van der Waals surface area contributed by atoms with Gasteiger partial charge in [0.2, 0.25) is 0 Å². The van der Waals surface area contributed by atoms with Crippen LogP contribution in [0.2, 0.25) is 0 Å². The van der Waals surface area contributed by atoms with E-state index >= 15 is 0 Å². The topological polar surface area (TPSA) is 64.8 Å². The minimum atomic E-state index is -0.471. The zero-order valence-electron chi connectivity index (χ0n) is 13.9. The number of pyridine rings is 1. The number of hydrogen-bond donors (Lipinski definition) is 0. The summed E-state index contributed by atoms with van der Waals surface area (Å²) in [5.74, 6) is -0.214. The quantitative estimate of drug-likeness (QED) is 0.855. The summed E-state index contributed by atoms with van der Waals surface area (Å²) in [6, 6.07) is 4.62. The van der Waals surface area contributed by atoms with Crippen LogP contribution in [0, 0.1) is 12.7 Å². The molecule has 2 saturated heterocycles. The Kier molecular flexibility index (Phi) is 3.95. The van der Waals surface area contributed by atoms with E-state index in [1.54, 1.807) is 11.0 Å². The normalized spacial score (nSPS) is 21.8. The van der Waals surface area contributed by atoms with E-state index in [4.69, 9.17) is 13.9 Å². The SMILES string of the molecule is Cc1ccoc1C(=O)N1CC2(C[C@H](Oc3ncccc3F)CCO2)C1. The molecule has 4 rings (SSSR count). The molecule has 0 bridgehead atoms. The van der Waals surface area contributed by atoms with E-state index in [1.807, 2.05) is 6.92 Å². The number of amides is 1. The Morgan fingerprint density at radius 2 is 2.28 bits per heavy atom. The van der Waals surface area contributed by atoms with Crippen LogP contribution < -0.4 is 4.74 Å². The first-order valence-electron chi connectivity index (χ1n) is 8.31. The summed E-state index contributed by atoms with van der Waals surface area (Å²) in [6.07, 6.45) is 4.11. The summed E-state index contributed by atoms with van der Waals surface area (Å²) >= 11 is 0. The number of carbonyl (C=O) groups excluding carboxylic acids is 1. The number of aromatic nitrogens is 1. The van der Waals surface area contributed by atoms with Crippen LogP contribution in [0.3, 0.4) is 0 Å². The lowest BCUT2D eigenvalue weighted by molar-refractivity contribution is -0.174. The van der Waals surface area contributed by atoms with Crippen molar-refractivity contribution in [1.29, 1.82) is 0 Å². The van der Waals surface area contributed by atoms with E-state index in [1.165, 1.54) is 24.6 Å². The van der Waals surface area contributed by atoms with Crippen molar-refractivity contribution in [2.75, 3.05) is 19.7 Å². The Morgan fingerprint density at radius 3 is 3.00 bits per heavy atom.